The number of hydrazine groups is 1. The Kier molecular flexibility index (Phi) is 7.62. The molecule has 0 heterocycles. The molecule has 2 rings (SSSR count). The first-order valence-electron chi connectivity index (χ1n) is 9.12. The first-order valence-corrected chi connectivity index (χ1v) is 9.12. The molecule has 0 bridgehead atoms. The van der Waals surface area contributed by atoms with Gasteiger partial charge in [0.25, 0.3) is 5.91 Å². The molecule has 0 aliphatic rings. The molecular weight excluding hydrogens is 417 g/mol. The summed E-state index contributed by atoms with van der Waals surface area (Å²) in [6.07, 6.45) is -1.15. The number of esters is 1. The Morgan fingerprint density at radius 3 is 2.13 bits per heavy atom. The number of carbonyl (C=O) groups excluding carboxylic acids is 3. The fourth-order valence-corrected chi connectivity index (χ4v) is 2.37. The smallest absolute Gasteiger partial charge is 0.426 e. The number of hydrogen-bond acceptors (Lipinski definition) is 5. The Balaban J connectivity index is 2.20. The summed E-state index contributed by atoms with van der Waals surface area (Å²) in [6.45, 7) is 3.62. The third-order valence-corrected chi connectivity index (χ3v) is 3.62. The number of amides is 2. The van der Waals surface area contributed by atoms with E-state index >= 15 is 0 Å². The fourth-order valence-electron chi connectivity index (χ4n) is 2.37. The Labute approximate surface area is 176 Å². The molecule has 0 atom stereocenters. The van der Waals surface area contributed by atoms with Crippen molar-refractivity contribution in [1.82, 2.24) is 10.4 Å². The van der Waals surface area contributed by atoms with Gasteiger partial charge in [-0.3, -0.25) is 9.59 Å². The number of nitrogens with one attached hydrogen (secondary N) is 1. The van der Waals surface area contributed by atoms with Gasteiger partial charge in [0.05, 0.1) is 0 Å². The van der Waals surface area contributed by atoms with Crippen LogP contribution in [-0.4, -0.2) is 35.1 Å². The lowest BCUT2D eigenvalue weighted by atomic mass is 10.1. The lowest BCUT2D eigenvalue weighted by Gasteiger charge is -2.26. The van der Waals surface area contributed by atoms with Crippen molar-refractivity contribution < 1.29 is 37.0 Å². The van der Waals surface area contributed by atoms with Crippen LogP contribution in [0.1, 0.15) is 36.7 Å². The van der Waals surface area contributed by atoms with Crippen LogP contribution >= 0.6 is 0 Å². The highest BCUT2D eigenvalue weighted by molar-refractivity contribution is 5.97. The van der Waals surface area contributed by atoms with Crippen LogP contribution in [0.25, 0.3) is 0 Å². The summed E-state index contributed by atoms with van der Waals surface area (Å²) in [5, 5.41) is 0.334. The Morgan fingerprint density at radius 1 is 1.00 bits per heavy atom. The van der Waals surface area contributed by atoms with E-state index in [0.29, 0.717) is 22.7 Å². The maximum atomic E-state index is 14.0. The molecule has 0 saturated heterocycles. The van der Waals surface area contributed by atoms with Crippen molar-refractivity contribution in [2.24, 2.45) is 0 Å². The zero-order valence-corrected chi connectivity index (χ0v) is 17.1. The summed E-state index contributed by atoms with van der Waals surface area (Å²) in [5.74, 6) is -6.65. The average Bonchev–Trinajstić information content (AvgIpc) is 2.64. The molecule has 2 amide bonds. The predicted octanol–water partition coefficient (Wildman–Crippen LogP) is 3.73. The van der Waals surface area contributed by atoms with Gasteiger partial charge in [-0.05, 0) is 26.3 Å². The fraction of sp³-hybridized carbons (Fsp3) is 0.286. The summed E-state index contributed by atoms with van der Waals surface area (Å²) in [6, 6.07) is 9.21. The van der Waals surface area contributed by atoms with Crippen LogP contribution in [-0.2, 0) is 20.9 Å². The largest absolute Gasteiger partial charge is 0.459 e. The van der Waals surface area contributed by atoms with Crippen LogP contribution in [0.5, 0.6) is 0 Å². The van der Waals surface area contributed by atoms with E-state index in [1.165, 1.54) is 0 Å². The van der Waals surface area contributed by atoms with Crippen molar-refractivity contribution in [3.63, 3.8) is 0 Å². The number of hydrogen-bond donors (Lipinski definition) is 1. The van der Waals surface area contributed by atoms with Gasteiger partial charge in [-0.2, -0.15) is 0 Å². The topological polar surface area (TPSA) is 84.9 Å². The first-order chi connectivity index (χ1) is 14.5. The van der Waals surface area contributed by atoms with Crippen LogP contribution in [0, 0.1) is 17.5 Å². The van der Waals surface area contributed by atoms with Gasteiger partial charge in [-0.15, -0.1) is 0 Å². The third kappa shape index (κ3) is 7.32. The van der Waals surface area contributed by atoms with Crippen molar-refractivity contribution in [1.29, 1.82) is 0 Å². The van der Waals surface area contributed by atoms with E-state index < -0.39 is 53.1 Å². The van der Waals surface area contributed by atoms with Gasteiger partial charge in [-0.25, -0.2) is 28.4 Å². The highest BCUT2D eigenvalue weighted by Gasteiger charge is 2.29. The summed E-state index contributed by atoms with van der Waals surface area (Å²) in [4.78, 5) is 36.9. The molecule has 2 aromatic rings. The van der Waals surface area contributed by atoms with Crippen molar-refractivity contribution >= 4 is 18.0 Å². The molecular formula is C21H21F3N2O5. The van der Waals surface area contributed by atoms with E-state index in [0.717, 1.165) is 0 Å². The molecule has 7 nitrogen and oxygen atoms in total. The number of benzene rings is 2. The van der Waals surface area contributed by atoms with E-state index in [9.17, 15) is 27.6 Å². The number of nitrogens with zero attached hydrogens (tertiary/aromatic N) is 1. The second-order valence-corrected chi connectivity index (χ2v) is 7.40. The molecule has 0 fully saturated rings. The molecule has 0 radical (unpaired) electrons. The normalized spacial score (nSPS) is 10.9. The number of ether oxygens (including phenoxy) is 2. The van der Waals surface area contributed by atoms with Crippen LogP contribution in [0.15, 0.2) is 42.5 Å². The molecule has 0 saturated carbocycles. The number of carbonyl (C=O) groups is 3. The zero-order chi connectivity index (χ0) is 23.2. The van der Waals surface area contributed by atoms with E-state index in [1.54, 1.807) is 51.1 Å². The van der Waals surface area contributed by atoms with Crippen LogP contribution < -0.4 is 5.43 Å². The second-order valence-electron chi connectivity index (χ2n) is 7.40. The van der Waals surface area contributed by atoms with E-state index in [2.05, 4.69) is 0 Å². The van der Waals surface area contributed by atoms with E-state index in [1.807, 2.05) is 5.43 Å². The number of rotatable bonds is 5. The lowest BCUT2D eigenvalue weighted by molar-refractivity contribution is -0.146. The van der Waals surface area contributed by atoms with Crippen LogP contribution in [0.2, 0.25) is 0 Å². The molecule has 0 aromatic heterocycles. The highest BCUT2D eigenvalue weighted by Crippen LogP contribution is 2.17. The molecule has 0 aliphatic carbocycles. The summed E-state index contributed by atoms with van der Waals surface area (Å²) in [7, 11) is 0. The molecule has 0 spiro atoms. The van der Waals surface area contributed by atoms with Gasteiger partial charge in [0, 0.05) is 12.1 Å². The molecule has 10 heteroatoms. The molecule has 166 valence electrons. The van der Waals surface area contributed by atoms with Gasteiger partial charge in [0.1, 0.15) is 41.8 Å². The van der Waals surface area contributed by atoms with Gasteiger partial charge in [-0.1, -0.05) is 30.3 Å². The molecule has 1 N–H and O–H groups in total. The maximum Gasteiger partial charge on any atom is 0.426 e. The van der Waals surface area contributed by atoms with Gasteiger partial charge in [0.15, 0.2) is 0 Å². The van der Waals surface area contributed by atoms with Crippen molar-refractivity contribution in [2.75, 3.05) is 6.54 Å². The SMILES string of the molecule is CC(C)(C)OC(=O)NN(CC(=O)OCc1ccccc1)C(=O)c1c(F)cc(F)cc1F. The minimum absolute atomic E-state index is 0.132. The van der Waals surface area contributed by atoms with Crippen molar-refractivity contribution in [3.05, 3.63) is 71.0 Å². The minimum atomic E-state index is -1.50. The quantitative estimate of drug-likeness (QED) is 0.568. The average molecular weight is 438 g/mol. The summed E-state index contributed by atoms with van der Waals surface area (Å²) < 4.78 is 51.3. The van der Waals surface area contributed by atoms with Crippen molar-refractivity contribution in [2.45, 2.75) is 33.0 Å². The Morgan fingerprint density at radius 2 is 1.58 bits per heavy atom. The molecule has 0 unspecified atom stereocenters. The first kappa shape index (κ1) is 23.7. The molecule has 31 heavy (non-hydrogen) atoms. The minimum Gasteiger partial charge on any atom is -0.459 e. The third-order valence-electron chi connectivity index (χ3n) is 3.62. The molecule has 2 aromatic carbocycles. The Bertz CT molecular complexity index is 938. The maximum absolute atomic E-state index is 14.0. The summed E-state index contributed by atoms with van der Waals surface area (Å²) in [5.41, 5.74) is 0.503. The van der Waals surface area contributed by atoms with Crippen LogP contribution in [0.3, 0.4) is 0 Å². The van der Waals surface area contributed by atoms with Crippen LogP contribution in [0.4, 0.5) is 18.0 Å². The lowest BCUT2D eigenvalue weighted by Crippen LogP contribution is -2.50. The van der Waals surface area contributed by atoms with E-state index in [4.69, 9.17) is 9.47 Å². The van der Waals surface area contributed by atoms with Gasteiger partial charge in [0.2, 0.25) is 0 Å². The summed E-state index contributed by atoms with van der Waals surface area (Å²) >= 11 is 0. The second kappa shape index (κ2) is 9.96. The standard InChI is InChI=1S/C21H21F3N2O5/c1-21(2,3)31-20(29)25-26(11-17(27)30-12-13-7-5-4-6-8-13)19(28)18-15(23)9-14(22)10-16(18)24/h4-10H,11-12H2,1-3H3,(H,25,29). The van der Waals surface area contributed by atoms with Gasteiger partial charge < -0.3 is 9.47 Å². The van der Waals surface area contributed by atoms with Gasteiger partial charge >= 0.3 is 12.1 Å². The van der Waals surface area contributed by atoms with Crippen molar-refractivity contribution in [3.8, 4) is 0 Å². The highest BCUT2D eigenvalue weighted by atomic mass is 19.1. The predicted molar refractivity (Wildman–Crippen MR) is 103 cm³/mol. The Hall–Kier alpha value is -3.56. The zero-order valence-electron chi connectivity index (χ0n) is 17.1. The molecule has 0 aliphatic heterocycles. The number of halogens is 3. The van der Waals surface area contributed by atoms with E-state index in [-0.39, 0.29) is 6.61 Å². The monoisotopic (exact) mass is 438 g/mol.